The molecule has 23 heavy (non-hydrogen) atoms. The molecule has 120 valence electrons. The molecule has 3 rings (SSSR count). The van der Waals surface area contributed by atoms with Gasteiger partial charge in [-0.3, -0.25) is 14.8 Å². The number of rotatable bonds is 4. The zero-order chi connectivity index (χ0) is 16.1. The van der Waals surface area contributed by atoms with E-state index in [-0.39, 0.29) is 18.0 Å². The Hall–Kier alpha value is -2.50. The van der Waals surface area contributed by atoms with E-state index in [2.05, 4.69) is 19.9 Å². The first kappa shape index (κ1) is 15.4. The third kappa shape index (κ3) is 3.83. The fourth-order valence-electron chi connectivity index (χ4n) is 2.75. The van der Waals surface area contributed by atoms with Crippen LogP contribution in [0.3, 0.4) is 0 Å². The van der Waals surface area contributed by atoms with Gasteiger partial charge in [-0.25, -0.2) is 4.98 Å². The Labute approximate surface area is 135 Å². The molecule has 0 N–H and O–H groups in total. The molecule has 1 atom stereocenters. The van der Waals surface area contributed by atoms with Crippen LogP contribution in [0.4, 0.5) is 5.82 Å². The maximum Gasteiger partial charge on any atom is 0.309 e. The Morgan fingerprint density at radius 3 is 2.70 bits per heavy atom. The van der Waals surface area contributed by atoms with Gasteiger partial charge in [0.2, 0.25) is 0 Å². The molecule has 3 heterocycles. The molecule has 6 nitrogen and oxygen atoms in total. The average molecular weight is 312 g/mol. The van der Waals surface area contributed by atoms with E-state index in [4.69, 9.17) is 4.74 Å². The van der Waals surface area contributed by atoms with Crippen molar-refractivity contribution < 1.29 is 9.53 Å². The monoisotopic (exact) mass is 312 g/mol. The van der Waals surface area contributed by atoms with Crippen LogP contribution in [0.5, 0.6) is 0 Å². The van der Waals surface area contributed by atoms with Gasteiger partial charge < -0.3 is 9.64 Å². The summed E-state index contributed by atoms with van der Waals surface area (Å²) in [6.45, 7) is 3.43. The summed E-state index contributed by atoms with van der Waals surface area (Å²) >= 11 is 0. The predicted molar refractivity (Wildman–Crippen MR) is 85.7 cm³/mol. The van der Waals surface area contributed by atoms with Crippen molar-refractivity contribution in [3.63, 3.8) is 0 Å². The SMILES string of the molecule is CC(OC(=O)C1CCN(c2cnccn2)CC1)c1ccccn1. The average Bonchev–Trinajstić information content (AvgIpc) is 2.63. The first-order valence-electron chi connectivity index (χ1n) is 7.86. The van der Waals surface area contributed by atoms with Gasteiger partial charge in [-0.05, 0) is 31.9 Å². The second-order valence-corrected chi connectivity index (χ2v) is 5.66. The minimum Gasteiger partial charge on any atom is -0.456 e. The molecular weight excluding hydrogens is 292 g/mol. The highest BCUT2D eigenvalue weighted by Gasteiger charge is 2.28. The van der Waals surface area contributed by atoms with Crippen LogP contribution in [0.25, 0.3) is 0 Å². The topological polar surface area (TPSA) is 68.2 Å². The van der Waals surface area contributed by atoms with Crippen molar-refractivity contribution in [1.29, 1.82) is 0 Å². The van der Waals surface area contributed by atoms with Crippen LogP contribution in [0.1, 0.15) is 31.6 Å². The summed E-state index contributed by atoms with van der Waals surface area (Å²) in [5.74, 6) is 0.664. The highest BCUT2D eigenvalue weighted by atomic mass is 16.5. The standard InChI is InChI=1S/C17H20N4O2/c1-13(15-4-2-3-7-19-15)23-17(22)14-5-10-21(11-6-14)16-12-18-8-9-20-16/h2-4,7-9,12-14H,5-6,10-11H2,1H3. The number of ether oxygens (including phenoxy) is 1. The largest absolute Gasteiger partial charge is 0.456 e. The van der Waals surface area contributed by atoms with Gasteiger partial charge in [0, 0.05) is 31.7 Å². The van der Waals surface area contributed by atoms with Gasteiger partial charge in [0.25, 0.3) is 0 Å². The van der Waals surface area contributed by atoms with Crippen molar-refractivity contribution in [2.75, 3.05) is 18.0 Å². The molecule has 2 aromatic rings. The van der Waals surface area contributed by atoms with Crippen molar-refractivity contribution in [2.24, 2.45) is 5.92 Å². The van der Waals surface area contributed by atoms with Crippen molar-refractivity contribution in [3.05, 3.63) is 48.7 Å². The molecule has 1 saturated heterocycles. The fraction of sp³-hybridized carbons (Fsp3) is 0.412. The van der Waals surface area contributed by atoms with Crippen LogP contribution in [-0.2, 0) is 9.53 Å². The van der Waals surface area contributed by atoms with Gasteiger partial charge in [-0.15, -0.1) is 0 Å². The summed E-state index contributed by atoms with van der Waals surface area (Å²) < 4.78 is 5.57. The lowest BCUT2D eigenvalue weighted by molar-refractivity contribution is -0.154. The van der Waals surface area contributed by atoms with Crippen LogP contribution >= 0.6 is 0 Å². The second-order valence-electron chi connectivity index (χ2n) is 5.66. The quantitative estimate of drug-likeness (QED) is 0.808. The van der Waals surface area contributed by atoms with Crippen molar-refractivity contribution in [2.45, 2.75) is 25.9 Å². The smallest absolute Gasteiger partial charge is 0.309 e. The van der Waals surface area contributed by atoms with Gasteiger partial charge in [0.15, 0.2) is 0 Å². The molecule has 6 heteroatoms. The Balaban J connectivity index is 1.52. The first-order chi connectivity index (χ1) is 11.2. The molecule has 1 aliphatic rings. The molecule has 0 aromatic carbocycles. The molecule has 0 aliphatic carbocycles. The van der Waals surface area contributed by atoms with Crippen LogP contribution in [0.2, 0.25) is 0 Å². The Bertz CT molecular complexity index is 628. The summed E-state index contributed by atoms with van der Waals surface area (Å²) in [6, 6.07) is 5.61. The zero-order valence-corrected chi connectivity index (χ0v) is 13.1. The summed E-state index contributed by atoms with van der Waals surface area (Å²) in [5.41, 5.74) is 0.776. The molecular formula is C17H20N4O2. The Morgan fingerprint density at radius 1 is 1.22 bits per heavy atom. The van der Waals surface area contributed by atoms with E-state index in [1.54, 1.807) is 24.8 Å². The number of hydrogen-bond acceptors (Lipinski definition) is 6. The number of hydrogen-bond donors (Lipinski definition) is 0. The molecule has 1 fully saturated rings. The van der Waals surface area contributed by atoms with E-state index in [1.165, 1.54) is 0 Å². The number of carbonyl (C=O) groups excluding carboxylic acids is 1. The highest BCUT2D eigenvalue weighted by molar-refractivity contribution is 5.73. The summed E-state index contributed by atoms with van der Waals surface area (Å²) in [7, 11) is 0. The third-order valence-corrected chi connectivity index (χ3v) is 4.10. The number of carbonyl (C=O) groups is 1. The Kier molecular flexibility index (Phi) is 4.80. The normalized spacial score (nSPS) is 16.8. The van der Waals surface area contributed by atoms with Crippen molar-refractivity contribution >= 4 is 11.8 Å². The van der Waals surface area contributed by atoms with Gasteiger partial charge in [0.1, 0.15) is 11.9 Å². The van der Waals surface area contributed by atoms with Crippen LogP contribution in [0.15, 0.2) is 43.0 Å². The van der Waals surface area contributed by atoms with Gasteiger partial charge in [-0.1, -0.05) is 6.07 Å². The van der Waals surface area contributed by atoms with Gasteiger partial charge in [0.05, 0.1) is 17.8 Å². The van der Waals surface area contributed by atoms with E-state index >= 15 is 0 Å². The lowest BCUT2D eigenvalue weighted by Crippen LogP contribution is -2.37. The second kappa shape index (κ2) is 7.17. The fourth-order valence-corrected chi connectivity index (χ4v) is 2.75. The minimum atomic E-state index is -0.318. The van der Waals surface area contributed by atoms with Crippen LogP contribution in [-0.4, -0.2) is 34.0 Å². The predicted octanol–water partition coefficient (Wildman–Crippen LogP) is 2.39. The van der Waals surface area contributed by atoms with Crippen molar-refractivity contribution in [3.8, 4) is 0 Å². The van der Waals surface area contributed by atoms with Crippen molar-refractivity contribution in [1.82, 2.24) is 15.0 Å². The minimum absolute atomic E-state index is 0.0610. The van der Waals surface area contributed by atoms with E-state index in [0.717, 1.165) is 37.4 Å². The molecule has 0 saturated carbocycles. The summed E-state index contributed by atoms with van der Waals surface area (Å²) in [6.07, 6.45) is 8.02. The number of nitrogens with zero attached hydrogens (tertiary/aromatic N) is 4. The number of piperidine rings is 1. The van der Waals surface area contributed by atoms with E-state index in [9.17, 15) is 4.79 Å². The van der Waals surface area contributed by atoms with E-state index in [1.807, 2.05) is 25.1 Å². The highest BCUT2D eigenvalue weighted by Crippen LogP contribution is 2.24. The molecule has 0 spiro atoms. The zero-order valence-electron chi connectivity index (χ0n) is 13.1. The lowest BCUT2D eigenvalue weighted by Gasteiger charge is -2.31. The maximum atomic E-state index is 12.3. The Morgan fingerprint density at radius 2 is 2.04 bits per heavy atom. The lowest BCUT2D eigenvalue weighted by atomic mass is 9.97. The third-order valence-electron chi connectivity index (χ3n) is 4.10. The van der Waals surface area contributed by atoms with Crippen LogP contribution < -0.4 is 4.90 Å². The van der Waals surface area contributed by atoms with Crippen LogP contribution in [0, 0.1) is 5.92 Å². The summed E-state index contributed by atoms with van der Waals surface area (Å²) in [4.78, 5) is 27.1. The number of esters is 1. The number of pyridine rings is 1. The summed E-state index contributed by atoms with van der Waals surface area (Å²) in [5, 5.41) is 0. The van der Waals surface area contributed by atoms with E-state index in [0.29, 0.717) is 0 Å². The number of anilines is 1. The molecule has 1 unspecified atom stereocenters. The van der Waals surface area contributed by atoms with Gasteiger partial charge >= 0.3 is 5.97 Å². The molecule has 0 amide bonds. The first-order valence-corrected chi connectivity index (χ1v) is 7.86. The number of aromatic nitrogens is 3. The molecule has 0 radical (unpaired) electrons. The van der Waals surface area contributed by atoms with Gasteiger partial charge in [-0.2, -0.15) is 0 Å². The molecule has 0 bridgehead atoms. The van der Waals surface area contributed by atoms with E-state index < -0.39 is 0 Å². The molecule has 2 aromatic heterocycles. The molecule has 1 aliphatic heterocycles. The maximum absolute atomic E-state index is 12.3.